The highest BCUT2D eigenvalue weighted by atomic mass is 14.9. The van der Waals surface area contributed by atoms with E-state index in [-0.39, 0.29) is 0 Å². The lowest BCUT2D eigenvalue weighted by Gasteiger charge is -2.07. The van der Waals surface area contributed by atoms with Crippen molar-refractivity contribution in [2.24, 2.45) is 5.73 Å². The molecule has 0 aliphatic carbocycles. The topological polar surface area (TPSA) is 38.0 Å². The van der Waals surface area contributed by atoms with E-state index in [0.717, 1.165) is 11.3 Å². The maximum absolute atomic E-state index is 5.57. The Morgan fingerprint density at radius 2 is 2.10 bits per heavy atom. The Kier molecular flexibility index (Phi) is 3.33. The van der Waals surface area contributed by atoms with Gasteiger partial charge in [-0.2, -0.15) is 0 Å². The van der Waals surface area contributed by atoms with E-state index >= 15 is 0 Å². The largest absolute Gasteiger partial charge is 0.397 e. The Balaban J connectivity index is 4.62. The van der Waals surface area contributed by atoms with E-state index in [4.69, 9.17) is 5.73 Å². The summed E-state index contributed by atoms with van der Waals surface area (Å²) in [7, 11) is 1.81. The van der Waals surface area contributed by atoms with Crippen LogP contribution in [0.25, 0.3) is 0 Å². The van der Waals surface area contributed by atoms with Gasteiger partial charge in [0.1, 0.15) is 0 Å². The number of nitrogens with two attached hydrogens (primary N) is 1. The first-order chi connectivity index (χ1) is 4.63. The Morgan fingerprint density at radius 3 is 2.20 bits per heavy atom. The average molecular weight is 138 g/mol. The van der Waals surface area contributed by atoms with Crippen LogP contribution in [-0.2, 0) is 0 Å². The molecule has 0 spiro atoms. The molecule has 0 aromatic heterocycles. The highest BCUT2D eigenvalue weighted by molar-refractivity contribution is 5.33. The van der Waals surface area contributed by atoms with Crippen molar-refractivity contribution in [2.45, 2.75) is 6.92 Å². The molecule has 56 valence electrons. The molecule has 2 nitrogen and oxygen atoms in total. The van der Waals surface area contributed by atoms with Crippen LogP contribution in [0, 0.1) is 0 Å². The maximum Gasteiger partial charge on any atom is 0.0594 e. The second-order valence-electron chi connectivity index (χ2n) is 2.06. The number of nitrogens with one attached hydrogen (secondary N) is 1. The number of hydrogen-bond acceptors (Lipinski definition) is 2. The molecule has 0 radical (unpaired) electrons. The molecule has 0 aliphatic heterocycles. The molecule has 0 rings (SSSR count). The Bertz CT molecular complexity index is 178. The molecule has 0 saturated carbocycles. The van der Waals surface area contributed by atoms with Crippen LogP contribution in [0.1, 0.15) is 6.92 Å². The van der Waals surface area contributed by atoms with Crippen molar-refractivity contribution >= 4 is 0 Å². The summed E-state index contributed by atoms with van der Waals surface area (Å²) < 4.78 is 0. The third-order valence-electron chi connectivity index (χ3n) is 1.19. The van der Waals surface area contributed by atoms with Gasteiger partial charge >= 0.3 is 0 Å². The fourth-order valence-electron chi connectivity index (χ4n) is 0.706. The van der Waals surface area contributed by atoms with Crippen molar-refractivity contribution in [1.29, 1.82) is 0 Å². The molecule has 0 amide bonds. The predicted molar refractivity (Wildman–Crippen MR) is 45.3 cm³/mol. The van der Waals surface area contributed by atoms with Gasteiger partial charge in [-0.25, -0.2) is 0 Å². The Hall–Kier alpha value is -1.18. The zero-order valence-corrected chi connectivity index (χ0v) is 6.57. The predicted octanol–water partition coefficient (Wildman–Crippen LogP) is 1.14. The van der Waals surface area contributed by atoms with Crippen LogP contribution in [0.2, 0.25) is 0 Å². The SMILES string of the molecule is C=C/C(N)=C(\NC)C(=C)C. The van der Waals surface area contributed by atoms with E-state index in [0.29, 0.717) is 5.70 Å². The number of rotatable bonds is 3. The van der Waals surface area contributed by atoms with Gasteiger partial charge in [-0.1, -0.05) is 13.2 Å². The molecular formula is C8H14N2. The van der Waals surface area contributed by atoms with Gasteiger partial charge < -0.3 is 11.1 Å². The van der Waals surface area contributed by atoms with Crippen LogP contribution in [0.15, 0.2) is 36.2 Å². The quantitative estimate of drug-likeness (QED) is 0.574. The minimum absolute atomic E-state index is 0.634. The van der Waals surface area contributed by atoms with Crippen LogP contribution in [0.3, 0.4) is 0 Å². The van der Waals surface area contributed by atoms with Crippen LogP contribution in [0.4, 0.5) is 0 Å². The number of hydrogen-bond donors (Lipinski definition) is 2. The first kappa shape index (κ1) is 8.82. The summed E-state index contributed by atoms with van der Waals surface area (Å²) in [5.74, 6) is 0. The summed E-state index contributed by atoms with van der Waals surface area (Å²) in [6.07, 6.45) is 1.60. The summed E-state index contributed by atoms with van der Waals surface area (Å²) in [6.45, 7) is 9.19. The molecule has 0 aliphatic rings. The first-order valence-electron chi connectivity index (χ1n) is 3.09. The van der Waals surface area contributed by atoms with Gasteiger partial charge in [-0.3, -0.25) is 0 Å². The van der Waals surface area contributed by atoms with Gasteiger partial charge in [-0.15, -0.1) is 0 Å². The van der Waals surface area contributed by atoms with Gasteiger partial charge in [-0.05, 0) is 18.6 Å². The molecular weight excluding hydrogens is 124 g/mol. The summed E-state index contributed by atoms with van der Waals surface area (Å²) in [5.41, 5.74) is 7.97. The minimum Gasteiger partial charge on any atom is -0.397 e. The minimum atomic E-state index is 0.634. The van der Waals surface area contributed by atoms with Crippen molar-refractivity contribution in [3.63, 3.8) is 0 Å². The molecule has 0 aromatic rings. The van der Waals surface area contributed by atoms with E-state index < -0.39 is 0 Å². The van der Waals surface area contributed by atoms with Crippen molar-refractivity contribution in [3.05, 3.63) is 36.2 Å². The summed E-state index contributed by atoms with van der Waals surface area (Å²) in [5, 5.41) is 2.94. The summed E-state index contributed by atoms with van der Waals surface area (Å²) >= 11 is 0. The first-order valence-corrected chi connectivity index (χ1v) is 3.09. The van der Waals surface area contributed by atoms with Crippen LogP contribution in [0.5, 0.6) is 0 Å². The van der Waals surface area contributed by atoms with Gasteiger partial charge in [0.15, 0.2) is 0 Å². The monoisotopic (exact) mass is 138 g/mol. The van der Waals surface area contributed by atoms with Gasteiger partial charge in [0.05, 0.1) is 11.4 Å². The van der Waals surface area contributed by atoms with E-state index in [1.165, 1.54) is 0 Å². The van der Waals surface area contributed by atoms with E-state index in [1.54, 1.807) is 13.1 Å². The highest BCUT2D eigenvalue weighted by Gasteiger charge is 1.96. The maximum atomic E-state index is 5.57. The number of allylic oxidation sites excluding steroid dienone is 2. The van der Waals surface area contributed by atoms with Crippen molar-refractivity contribution in [3.8, 4) is 0 Å². The smallest absolute Gasteiger partial charge is 0.0594 e. The van der Waals surface area contributed by atoms with Crippen molar-refractivity contribution < 1.29 is 0 Å². The average Bonchev–Trinajstić information content (AvgIpc) is 1.88. The van der Waals surface area contributed by atoms with Crippen molar-refractivity contribution in [1.82, 2.24) is 5.32 Å². The lowest BCUT2D eigenvalue weighted by Crippen LogP contribution is -2.13. The lowest BCUT2D eigenvalue weighted by atomic mass is 10.2. The summed E-state index contributed by atoms with van der Waals surface area (Å²) in [4.78, 5) is 0. The van der Waals surface area contributed by atoms with E-state index in [2.05, 4.69) is 18.5 Å². The Morgan fingerprint density at radius 1 is 1.60 bits per heavy atom. The van der Waals surface area contributed by atoms with Gasteiger partial charge in [0, 0.05) is 7.05 Å². The lowest BCUT2D eigenvalue weighted by molar-refractivity contribution is 0.975. The molecule has 3 N–H and O–H groups in total. The van der Waals surface area contributed by atoms with Gasteiger partial charge in [0.2, 0.25) is 0 Å². The van der Waals surface area contributed by atoms with Crippen LogP contribution < -0.4 is 11.1 Å². The molecule has 10 heavy (non-hydrogen) atoms. The third kappa shape index (κ3) is 1.97. The normalized spacial score (nSPS) is 11.8. The van der Waals surface area contributed by atoms with Crippen LogP contribution in [-0.4, -0.2) is 7.05 Å². The second kappa shape index (κ2) is 3.77. The molecule has 0 bridgehead atoms. The molecule has 0 unspecified atom stereocenters. The molecule has 0 atom stereocenters. The number of likely N-dealkylation sites (N-methyl/N-ethyl adjacent to an activating group) is 1. The molecule has 0 saturated heterocycles. The third-order valence-corrected chi connectivity index (χ3v) is 1.19. The molecule has 0 aromatic carbocycles. The molecule has 0 heterocycles. The fraction of sp³-hybridized carbons (Fsp3) is 0.250. The van der Waals surface area contributed by atoms with E-state index in [1.807, 2.05) is 6.92 Å². The zero-order valence-electron chi connectivity index (χ0n) is 6.57. The van der Waals surface area contributed by atoms with Gasteiger partial charge in [0.25, 0.3) is 0 Å². The van der Waals surface area contributed by atoms with Crippen molar-refractivity contribution in [2.75, 3.05) is 7.05 Å². The highest BCUT2D eigenvalue weighted by Crippen LogP contribution is 2.04. The molecule has 0 fully saturated rings. The fourth-order valence-corrected chi connectivity index (χ4v) is 0.706. The second-order valence-corrected chi connectivity index (χ2v) is 2.06. The summed E-state index contributed by atoms with van der Waals surface area (Å²) in [6, 6.07) is 0. The zero-order chi connectivity index (χ0) is 8.15. The molecule has 2 heteroatoms. The van der Waals surface area contributed by atoms with E-state index in [9.17, 15) is 0 Å². The van der Waals surface area contributed by atoms with Crippen LogP contribution >= 0.6 is 0 Å². The Labute approximate surface area is 62.1 Å². The standard InChI is InChI=1S/C8H14N2/c1-5-7(9)8(10-4)6(2)3/h5,10H,1-2,9H2,3-4H3/b8-7+.